The monoisotopic (exact) mass is 363 g/mol. The van der Waals surface area contributed by atoms with Crippen molar-refractivity contribution >= 4 is 16.9 Å². The molecule has 0 radical (unpaired) electrons. The number of aromatic amines is 1. The highest BCUT2D eigenvalue weighted by Gasteiger charge is 2.11. The molecule has 2 heterocycles. The van der Waals surface area contributed by atoms with Gasteiger partial charge in [0, 0.05) is 29.9 Å². The summed E-state index contributed by atoms with van der Waals surface area (Å²) in [6.45, 7) is 0.203. The highest BCUT2D eigenvalue weighted by atomic mass is 19.1. The van der Waals surface area contributed by atoms with Crippen molar-refractivity contribution in [3.63, 3.8) is 0 Å². The van der Waals surface area contributed by atoms with Crippen LogP contribution in [0.3, 0.4) is 0 Å². The van der Waals surface area contributed by atoms with E-state index in [1.165, 1.54) is 12.1 Å². The summed E-state index contributed by atoms with van der Waals surface area (Å²) >= 11 is 0. The van der Waals surface area contributed by atoms with E-state index in [1.807, 2.05) is 0 Å². The lowest BCUT2D eigenvalue weighted by atomic mass is 10.2. The second kappa shape index (κ2) is 7.20. The number of halogens is 1. The number of carbonyl (C=O) groups excluding carboxylic acids is 1. The molecule has 0 aliphatic carbocycles. The van der Waals surface area contributed by atoms with E-state index in [-0.39, 0.29) is 12.5 Å². The van der Waals surface area contributed by atoms with Crippen LogP contribution in [-0.2, 0) is 6.54 Å². The molecule has 7 nitrogen and oxygen atoms in total. The number of rotatable bonds is 5. The van der Waals surface area contributed by atoms with Gasteiger partial charge in [0.25, 0.3) is 5.91 Å². The molecule has 0 atom stereocenters. The van der Waals surface area contributed by atoms with Crippen molar-refractivity contribution in [3.8, 4) is 11.6 Å². The van der Waals surface area contributed by atoms with Gasteiger partial charge in [0.05, 0.1) is 0 Å². The number of aromatic nitrogens is 4. The Labute approximate surface area is 153 Å². The van der Waals surface area contributed by atoms with Gasteiger partial charge < -0.3 is 10.1 Å². The first-order valence-electron chi connectivity index (χ1n) is 8.15. The lowest BCUT2D eigenvalue weighted by molar-refractivity contribution is 0.0951. The largest absolute Gasteiger partial charge is 0.439 e. The Morgan fingerprint density at radius 1 is 1.07 bits per heavy atom. The van der Waals surface area contributed by atoms with Crippen molar-refractivity contribution < 1.29 is 13.9 Å². The predicted molar refractivity (Wildman–Crippen MR) is 95.8 cm³/mol. The van der Waals surface area contributed by atoms with Crippen LogP contribution in [0.15, 0.2) is 60.8 Å². The Kier molecular flexibility index (Phi) is 4.44. The van der Waals surface area contributed by atoms with Crippen molar-refractivity contribution in [2.75, 3.05) is 0 Å². The van der Waals surface area contributed by atoms with E-state index in [2.05, 4.69) is 25.7 Å². The van der Waals surface area contributed by atoms with Crippen LogP contribution >= 0.6 is 0 Å². The van der Waals surface area contributed by atoms with Gasteiger partial charge in [-0.15, -0.1) is 0 Å². The molecule has 0 fully saturated rings. The van der Waals surface area contributed by atoms with E-state index < -0.39 is 5.82 Å². The molecule has 2 aromatic heterocycles. The molecule has 0 saturated carbocycles. The fourth-order valence-corrected chi connectivity index (χ4v) is 2.55. The van der Waals surface area contributed by atoms with Crippen LogP contribution in [0, 0.1) is 5.82 Å². The van der Waals surface area contributed by atoms with Gasteiger partial charge in [-0.25, -0.2) is 9.37 Å². The number of benzene rings is 2. The highest BCUT2D eigenvalue weighted by Crippen LogP contribution is 2.23. The molecule has 134 valence electrons. The fourth-order valence-electron chi connectivity index (χ4n) is 2.55. The summed E-state index contributed by atoms with van der Waals surface area (Å²) in [6.07, 6.45) is 1.57. The number of hydrogen-bond donors (Lipinski definition) is 2. The number of nitrogens with one attached hydrogen (secondary N) is 2. The average Bonchev–Trinajstić information content (AvgIpc) is 3.15. The first kappa shape index (κ1) is 16.6. The number of nitrogens with zero attached hydrogens (tertiary/aromatic N) is 3. The van der Waals surface area contributed by atoms with E-state index >= 15 is 0 Å². The molecule has 8 heteroatoms. The van der Waals surface area contributed by atoms with Gasteiger partial charge in [0.15, 0.2) is 0 Å². The van der Waals surface area contributed by atoms with Crippen LogP contribution in [-0.4, -0.2) is 26.3 Å². The maximum Gasteiger partial charge on any atom is 0.251 e. The molecular formula is C19H14FN5O2. The minimum atomic E-state index is -0.401. The summed E-state index contributed by atoms with van der Waals surface area (Å²) < 4.78 is 19.0. The summed E-state index contributed by atoms with van der Waals surface area (Å²) in [4.78, 5) is 16.6. The molecule has 0 saturated heterocycles. The van der Waals surface area contributed by atoms with Crippen LogP contribution < -0.4 is 10.1 Å². The third kappa shape index (κ3) is 3.74. The van der Waals surface area contributed by atoms with Gasteiger partial charge in [0.1, 0.15) is 22.6 Å². The molecule has 0 aliphatic heterocycles. The third-order valence-corrected chi connectivity index (χ3v) is 3.88. The van der Waals surface area contributed by atoms with Crippen molar-refractivity contribution in [2.24, 2.45) is 0 Å². The highest BCUT2D eigenvalue weighted by molar-refractivity contribution is 5.97. The van der Waals surface area contributed by atoms with E-state index in [0.717, 1.165) is 0 Å². The minimum absolute atomic E-state index is 0.203. The van der Waals surface area contributed by atoms with Crippen molar-refractivity contribution in [1.29, 1.82) is 0 Å². The second-order valence-corrected chi connectivity index (χ2v) is 5.74. The summed E-state index contributed by atoms with van der Waals surface area (Å²) in [6, 6.07) is 14.3. The number of pyridine rings is 1. The molecule has 0 unspecified atom stereocenters. The van der Waals surface area contributed by atoms with Gasteiger partial charge in [-0.05, 0) is 36.4 Å². The molecule has 2 N–H and O–H groups in total. The van der Waals surface area contributed by atoms with Gasteiger partial charge >= 0.3 is 0 Å². The quantitative estimate of drug-likeness (QED) is 0.568. The summed E-state index contributed by atoms with van der Waals surface area (Å²) in [5.41, 5.74) is 2.43. The molecule has 27 heavy (non-hydrogen) atoms. The summed E-state index contributed by atoms with van der Waals surface area (Å²) in [5.74, 6) is -0.0323. The Morgan fingerprint density at radius 2 is 1.96 bits per heavy atom. The third-order valence-electron chi connectivity index (χ3n) is 3.88. The number of amides is 1. The van der Waals surface area contributed by atoms with Crippen molar-refractivity contribution in [2.45, 2.75) is 6.54 Å². The molecule has 0 bridgehead atoms. The molecule has 4 rings (SSSR count). The summed E-state index contributed by atoms with van der Waals surface area (Å²) in [5, 5.41) is 13.3. The zero-order valence-corrected chi connectivity index (χ0v) is 14.0. The summed E-state index contributed by atoms with van der Waals surface area (Å²) in [7, 11) is 0. The molecule has 4 aromatic rings. The van der Waals surface area contributed by atoms with Crippen LogP contribution in [0.4, 0.5) is 4.39 Å². The first-order chi connectivity index (χ1) is 13.2. The fraction of sp³-hybridized carbons (Fsp3) is 0.0526. The van der Waals surface area contributed by atoms with Gasteiger partial charge in [0.2, 0.25) is 5.88 Å². The number of hydrogen-bond acceptors (Lipinski definition) is 5. The van der Waals surface area contributed by atoms with Gasteiger partial charge in [-0.1, -0.05) is 12.1 Å². The second-order valence-electron chi connectivity index (χ2n) is 5.74. The van der Waals surface area contributed by atoms with Crippen molar-refractivity contribution in [1.82, 2.24) is 25.7 Å². The number of fused-ring (bicyclic) bond motifs is 1. The number of H-pyrrole nitrogens is 1. The van der Waals surface area contributed by atoms with Crippen LogP contribution in [0.2, 0.25) is 0 Å². The zero-order valence-electron chi connectivity index (χ0n) is 14.0. The number of ether oxygens (including phenoxy) is 1. The lowest BCUT2D eigenvalue weighted by Gasteiger charge is -2.11. The smallest absolute Gasteiger partial charge is 0.251 e. The predicted octanol–water partition coefficient (Wildman–Crippen LogP) is 3.21. The van der Waals surface area contributed by atoms with Gasteiger partial charge in [-0.2, -0.15) is 15.4 Å². The zero-order chi connectivity index (χ0) is 18.6. The maximum absolute atomic E-state index is 13.3. The van der Waals surface area contributed by atoms with E-state index in [4.69, 9.17) is 4.74 Å². The maximum atomic E-state index is 13.3. The normalized spacial score (nSPS) is 10.7. The van der Waals surface area contributed by atoms with Crippen LogP contribution in [0.5, 0.6) is 11.6 Å². The molecule has 0 spiro atoms. The molecular weight excluding hydrogens is 349 g/mol. The lowest BCUT2D eigenvalue weighted by Crippen LogP contribution is -2.23. The van der Waals surface area contributed by atoms with Gasteiger partial charge in [-0.3, -0.25) is 4.79 Å². The van der Waals surface area contributed by atoms with E-state index in [1.54, 1.807) is 48.7 Å². The molecule has 1 amide bonds. The first-order valence-corrected chi connectivity index (χ1v) is 8.15. The topological polar surface area (TPSA) is 92.8 Å². The van der Waals surface area contributed by atoms with Crippen molar-refractivity contribution in [3.05, 3.63) is 77.7 Å². The number of carbonyl (C=O) groups is 1. The molecule has 2 aromatic carbocycles. The van der Waals surface area contributed by atoms with Crippen LogP contribution in [0.25, 0.3) is 11.0 Å². The SMILES string of the molecule is O=C(NCc1cccnc1Oc1cccc(F)c1)c1ccc2n[nH]nc2c1. The molecule has 0 aliphatic rings. The Balaban J connectivity index is 1.48. The Hall–Kier alpha value is -3.81. The standard InChI is InChI=1S/C19H14FN5O2/c20-14-4-1-5-15(10-14)27-19-13(3-2-8-21-19)11-22-18(26)12-6-7-16-17(9-12)24-25-23-16/h1-10H,11H2,(H,22,26)(H,23,24,25). The average molecular weight is 363 g/mol. The minimum Gasteiger partial charge on any atom is -0.439 e. The van der Waals surface area contributed by atoms with Crippen LogP contribution in [0.1, 0.15) is 15.9 Å². The van der Waals surface area contributed by atoms with E-state index in [0.29, 0.717) is 33.8 Å². The Morgan fingerprint density at radius 3 is 2.85 bits per heavy atom. The Bertz CT molecular complexity index is 1110. The van der Waals surface area contributed by atoms with E-state index in [9.17, 15) is 9.18 Å².